The Balaban J connectivity index is 0. The minimum Gasteiger partial charge on any atom is -0.395 e. The molecule has 0 amide bonds. The summed E-state index contributed by atoms with van der Waals surface area (Å²) in [4.78, 5) is 2.35. The highest BCUT2D eigenvalue weighted by Crippen LogP contribution is 1.97. The summed E-state index contributed by atoms with van der Waals surface area (Å²) in [6.07, 6.45) is 5.00. The van der Waals surface area contributed by atoms with E-state index in [1.807, 2.05) is 0 Å². The Morgan fingerprint density at radius 3 is 1.69 bits per heavy atom. The molecule has 0 aromatic heterocycles. The fourth-order valence-electron chi connectivity index (χ4n) is 1.24. The van der Waals surface area contributed by atoms with E-state index in [9.17, 15) is 0 Å². The first kappa shape index (κ1) is 15.3. The molecular formula is C10H24FNO. The maximum absolute atomic E-state index is 8.79. The van der Waals surface area contributed by atoms with Crippen LogP contribution in [0.15, 0.2) is 0 Å². The van der Waals surface area contributed by atoms with Gasteiger partial charge in [0, 0.05) is 6.54 Å². The molecule has 0 atom stereocenters. The van der Waals surface area contributed by atoms with Crippen LogP contribution in [-0.4, -0.2) is 36.2 Å². The van der Waals surface area contributed by atoms with Gasteiger partial charge in [0.2, 0.25) is 0 Å². The summed E-state index contributed by atoms with van der Waals surface area (Å²) in [5, 5.41) is 8.79. The Morgan fingerprint density at radius 1 is 0.923 bits per heavy atom. The average molecular weight is 193 g/mol. The zero-order valence-electron chi connectivity index (χ0n) is 8.96. The standard InChI is InChI=1S/C10H23NO.FH/c1-3-5-7-11(9-10-12)8-6-4-2;/h12H,3-10H2,1-2H3;1H. The molecule has 82 valence electrons. The van der Waals surface area contributed by atoms with Crippen molar-refractivity contribution in [3.63, 3.8) is 0 Å². The maximum atomic E-state index is 8.79. The molecule has 0 rings (SSSR count). The van der Waals surface area contributed by atoms with Crippen molar-refractivity contribution in [3.05, 3.63) is 0 Å². The third-order valence-corrected chi connectivity index (χ3v) is 2.07. The van der Waals surface area contributed by atoms with Gasteiger partial charge in [-0.3, -0.25) is 4.70 Å². The van der Waals surface area contributed by atoms with Crippen molar-refractivity contribution in [3.8, 4) is 0 Å². The van der Waals surface area contributed by atoms with E-state index in [4.69, 9.17) is 5.11 Å². The van der Waals surface area contributed by atoms with Crippen LogP contribution in [0.1, 0.15) is 39.5 Å². The third-order valence-electron chi connectivity index (χ3n) is 2.07. The molecule has 0 unspecified atom stereocenters. The van der Waals surface area contributed by atoms with Gasteiger partial charge in [0.05, 0.1) is 6.61 Å². The van der Waals surface area contributed by atoms with Gasteiger partial charge in [-0.25, -0.2) is 0 Å². The number of aliphatic hydroxyl groups excluding tert-OH is 1. The van der Waals surface area contributed by atoms with E-state index in [1.54, 1.807) is 0 Å². The van der Waals surface area contributed by atoms with Crippen LogP contribution in [0.5, 0.6) is 0 Å². The molecule has 0 bridgehead atoms. The van der Waals surface area contributed by atoms with Gasteiger partial charge in [-0.1, -0.05) is 26.7 Å². The Morgan fingerprint density at radius 2 is 1.38 bits per heavy atom. The first-order chi connectivity index (χ1) is 5.85. The summed E-state index contributed by atoms with van der Waals surface area (Å²) in [5.74, 6) is 0. The van der Waals surface area contributed by atoms with Gasteiger partial charge in [0.1, 0.15) is 0 Å². The molecule has 0 saturated carbocycles. The molecule has 0 radical (unpaired) electrons. The minimum atomic E-state index is 0. The van der Waals surface area contributed by atoms with Crippen molar-refractivity contribution >= 4 is 0 Å². The van der Waals surface area contributed by atoms with E-state index in [0.29, 0.717) is 6.61 Å². The molecule has 0 aromatic rings. The molecule has 0 aliphatic rings. The second kappa shape index (κ2) is 11.8. The van der Waals surface area contributed by atoms with Crippen molar-refractivity contribution in [2.45, 2.75) is 39.5 Å². The van der Waals surface area contributed by atoms with E-state index in [1.165, 1.54) is 25.7 Å². The quantitative estimate of drug-likeness (QED) is 0.637. The van der Waals surface area contributed by atoms with Crippen LogP contribution in [0.4, 0.5) is 4.70 Å². The van der Waals surface area contributed by atoms with Gasteiger partial charge in [0.25, 0.3) is 0 Å². The number of hydrogen-bond acceptors (Lipinski definition) is 2. The van der Waals surface area contributed by atoms with Gasteiger partial charge >= 0.3 is 0 Å². The van der Waals surface area contributed by atoms with Crippen molar-refractivity contribution in [1.29, 1.82) is 0 Å². The zero-order chi connectivity index (χ0) is 9.23. The average Bonchev–Trinajstić information content (AvgIpc) is 2.10. The number of rotatable bonds is 8. The van der Waals surface area contributed by atoms with Gasteiger partial charge in [-0.15, -0.1) is 0 Å². The van der Waals surface area contributed by atoms with Gasteiger partial charge in [-0.2, -0.15) is 0 Å². The summed E-state index contributed by atoms with van der Waals surface area (Å²) in [6.45, 7) is 7.86. The van der Waals surface area contributed by atoms with E-state index in [0.717, 1.165) is 19.6 Å². The van der Waals surface area contributed by atoms with Crippen molar-refractivity contribution < 1.29 is 9.81 Å². The monoisotopic (exact) mass is 193 g/mol. The topological polar surface area (TPSA) is 23.5 Å². The van der Waals surface area contributed by atoms with Gasteiger partial charge in [-0.05, 0) is 25.9 Å². The first-order valence-corrected chi connectivity index (χ1v) is 5.18. The smallest absolute Gasteiger partial charge is 0.0558 e. The number of aliphatic hydroxyl groups is 1. The van der Waals surface area contributed by atoms with Crippen molar-refractivity contribution in [1.82, 2.24) is 4.90 Å². The fraction of sp³-hybridized carbons (Fsp3) is 1.00. The Labute approximate surface area is 81.3 Å². The van der Waals surface area contributed by atoms with Crippen molar-refractivity contribution in [2.24, 2.45) is 0 Å². The maximum Gasteiger partial charge on any atom is 0.0558 e. The van der Waals surface area contributed by atoms with Crippen molar-refractivity contribution in [2.75, 3.05) is 26.2 Å². The minimum absolute atomic E-state index is 0. The normalized spacial score (nSPS) is 10.2. The Bertz CT molecular complexity index is 83.0. The van der Waals surface area contributed by atoms with Crippen LogP contribution in [0.3, 0.4) is 0 Å². The summed E-state index contributed by atoms with van der Waals surface area (Å²) in [5.41, 5.74) is 0. The van der Waals surface area contributed by atoms with Crippen LogP contribution in [0.25, 0.3) is 0 Å². The molecule has 0 aliphatic heterocycles. The van der Waals surface area contributed by atoms with Crippen LogP contribution in [0, 0.1) is 0 Å². The SMILES string of the molecule is CCCCN(CCO)CCCC.F. The third kappa shape index (κ3) is 9.77. The number of nitrogens with zero attached hydrogens (tertiary/aromatic N) is 1. The summed E-state index contributed by atoms with van der Waals surface area (Å²) >= 11 is 0. The van der Waals surface area contributed by atoms with E-state index in [2.05, 4.69) is 18.7 Å². The molecule has 2 nitrogen and oxygen atoms in total. The highest BCUT2D eigenvalue weighted by atomic mass is 19.0. The molecule has 0 saturated heterocycles. The predicted molar refractivity (Wildman–Crippen MR) is 55.8 cm³/mol. The Hall–Kier alpha value is -0.150. The number of hydrogen-bond donors (Lipinski definition) is 1. The summed E-state index contributed by atoms with van der Waals surface area (Å²) < 4.78 is 0. The number of unbranched alkanes of at least 4 members (excludes halogenated alkanes) is 2. The largest absolute Gasteiger partial charge is 0.395 e. The van der Waals surface area contributed by atoms with E-state index in [-0.39, 0.29) is 4.70 Å². The van der Waals surface area contributed by atoms with E-state index < -0.39 is 0 Å². The zero-order valence-corrected chi connectivity index (χ0v) is 8.96. The lowest BCUT2D eigenvalue weighted by Gasteiger charge is -2.20. The Kier molecular flexibility index (Phi) is 14.0. The molecule has 0 aliphatic carbocycles. The second-order valence-corrected chi connectivity index (χ2v) is 3.27. The summed E-state index contributed by atoms with van der Waals surface area (Å²) in [6, 6.07) is 0. The highest BCUT2D eigenvalue weighted by Gasteiger charge is 2.01. The fourth-order valence-corrected chi connectivity index (χ4v) is 1.24. The molecule has 0 heterocycles. The number of halogens is 1. The molecule has 1 N–H and O–H groups in total. The lowest BCUT2D eigenvalue weighted by molar-refractivity contribution is 0.192. The lowest BCUT2D eigenvalue weighted by Crippen LogP contribution is -2.28. The van der Waals surface area contributed by atoms with Crippen LogP contribution in [-0.2, 0) is 0 Å². The first-order valence-electron chi connectivity index (χ1n) is 5.18. The van der Waals surface area contributed by atoms with Crippen LogP contribution in [0.2, 0.25) is 0 Å². The van der Waals surface area contributed by atoms with Crippen LogP contribution >= 0.6 is 0 Å². The summed E-state index contributed by atoms with van der Waals surface area (Å²) in [7, 11) is 0. The van der Waals surface area contributed by atoms with Crippen LogP contribution < -0.4 is 0 Å². The highest BCUT2D eigenvalue weighted by molar-refractivity contribution is 4.56. The van der Waals surface area contributed by atoms with E-state index >= 15 is 0 Å². The lowest BCUT2D eigenvalue weighted by atomic mass is 10.2. The molecule has 13 heavy (non-hydrogen) atoms. The molecule has 0 aromatic carbocycles. The molecular weight excluding hydrogens is 169 g/mol. The molecule has 0 fully saturated rings. The van der Waals surface area contributed by atoms with Gasteiger partial charge in [0.15, 0.2) is 0 Å². The molecule has 3 heteroatoms. The second-order valence-electron chi connectivity index (χ2n) is 3.27. The predicted octanol–water partition coefficient (Wildman–Crippen LogP) is 2.03. The van der Waals surface area contributed by atoms with Gasteiger partial charge < -0.3 is 10.0 Å². The molecule has 0 spiro atoms.